The van der Waals surface area contributed by atoms with Crippen molar-refractivity contribution in [3.8, 4) is 0 Å². The van der Waals surface area contributed by atoms with Gasteiger partial charge in [-0.25, -0.2) is 0 Å². The van der Waals surface area contributed by atoms with Crippen LogP contribution in [0.2, 0.25) is 0 Å². The predicted octanol–water partition coefficient (Wildman–Crippen LogP) is 2.65. The maximum atomic E-state index is 3.56. The first-order valence-electron chi connectivity index (χ1n) is 7.12. The smallest absolute Gasteiger partial charge is 0.0208 e. The molecular formula is C16H26N2. The SMILES string of the molecule is CC(C)(C)NCCCc1cccc2c1CCNC2. The lowest BCUT2D eigenvalue weighted by atomic mass is 9.93. The number of fused-ring (bicyclic) bond motifs is 1. The lowest BCUT2D eigenvalue weighted by Crippen LogP contribution is -2.36. The molecule has 2 N–H and O–H groups in total. The van der Waals surface area contributed by atoms with Gasteiger partial charge in [-0.1, -0.05) is 18.2 Å². The third-order valence-electron chi connectivity index (χ3n) is 3.52. The zero-order valence-electron chi connectivity index (χ0n) is 12.0. The third-order valence-corrected chi connectivity index (χ3v) is 3.52. The summed E-state index contributed by atoms with van der Waals surface area (Å²) in [7, 11) is 0. The molecule has 2 rings (SSSR count). The first-order chi connectivity index (χ1) is 8.56. The van der Waals surface area contributed by atoms with Crippen molar-refractivity contribution in [2.45, 2.75) is 52.1 Å². The van der Waals surface area contributed by atoms with Crippen LogP contribution in [-0.2, 0) is 19.4 Å². The van der Waals surface area contributed by atoms with Gasteiger partial charge in [0, 0.05) is 12.1 Å². The number of aryl methyl sites for hydroxylation is 1. The molecule has 100 valence electrons. The number of benzene rings is 1. The Labute approximate surface area is 111 Å². The van der Waals surface area contributed by atoms with Gasteiger partial charge >= 0.3 is 0 Å². The molecule has 2 heteroatoms. The van der Waals surface area contributed by atoms with Crippen LogP contribution in [0.15, 0.2) is 18.2 Å². The topological polar surface area (TPSA) is 24.1 Å². The second-order valence-electron chi connectivity index (χ2n) is 6.26. The maximum absolute atomic E-state index is 3.56. The molecule has 0 atom stereocenters. The first-order valence-corrected chi connectivity index (χ1v) is 7.12. The van der Waals surface area contributed by atoms with E-state index in [-0.39, 0.29) is 5.54 Å². The quantitative estimate of drug-likeness (QED) is 0.798. The Bertz CT molecular complexity index is 391. The molecule has 1 heterocycles. The van der Waals surface area contributed by atoms with Gasteiger partial charge < -0.3 is 10.6 Å². The van der Waals surface area contributed by atoms with Crippen molar-refractivity contribution in [3.63, 3.8) is 0 Å². The zero-order valence-corrected chi connectivity index (χ0v) is 12.0. The summed E-state index contributed by atoms with van der Waals surface area (Å²) in [4.78, 5) is 0. The summed E-state index contributed by atoms with van der Waals surface area (Å²) < 4.78 is 0. The average molecular weight is 246 g/mol. The lowest BCUT2D eigenvalue weighted by molar-refractivity contribution is 0.422. The fraction of sp³-hybridized carbons (Fsp3) is 0.625. The van der Waals surface area contributed by atoms with E-state index in [1.54, 1.807) is 11.1 Å². The second-order valence-corrected chi connectivity index (χ2v) is 6.26. The van der Waals surface area contributed by atoms with Crippen LogP contribution in [0.3, 0.4) is 0 Å². The lowest BCUT2D eigenvalue weighted by Gasteiger charge is -2.22. The summed E-state index contributed by atoms with van der Waals surface area (Å²) in [6.07, 6.45) is 3.62. The van der Waals surface area contributed by atoms with Gasteiger partial charge in [0.1, 0.15) is 0 Å². The van der Waals surface area contributed by atoms with E-state index in [1.807, 2.05) is 0 Å². The highest BCUT2D eigenvalue weighted by molar-refractivity contribution is 5.37. The van der Waals surface area contributed by atoms with Gasteiger partial charge in [0.05, 0.1) is 0 Å². The molecule has 18 heavy (non-hydrogen) atoms. The molecule has 0 amide bonds. The molecule has 1 aliphatic rings. The minimum atomic E-state index is 0.236. The van der Waals surface area contributed by atoms with Crippen LogP contribution in [0.25, 0.3) is 0 Å². The van der Waals surface area contributed by atoms with E-state index in [0.717, 1.165) is 19.6 Å². The van der Waals surface area contributed by atoms with Crippen LogP contribution >= 0.6 is 0 Å². The van der Waals surface area contributed by atoms with Crippen LogP contribution in [0.1, 0.15) is 43.9 Å². The largest absolute Gasteiger partial charge is 0.312 e. The van der Waals surface area contributed by atoms with Gasteiger partial charge in [-0.3, -0.25) is 0 Å². The van der Waals surface area contributed by atoms with Gasteiger partial charge in [0.15, 0.2) is 0 Å². The molecule has 0 unspecified atom stereocenters. The van der Waals surface area contributed by atoms with Crippen molar-refractivity contribution in [3.05, 3.63) is 34.9 Å². The fourth-order valence-electron chi connectivity index (χ4n) is 2.59. The Kier molecular flexibility index (Phi) is 4.41. The highest BCUT2D eigenvalue weighted by Gasteiger charge is 2.12. The van der Waals surface area contributed by atoms with Crippen molar-refractivity contribution in [2.75, 3.05) is 13.1 Å². The van der Waals surface area contributed by atoms with Crippen molar-refractivity contribution in [1.29, 1.82) is 0 Å². The highest BCUT2D eigenvalue weighted by atomic mass is 14.9. The summed E-state index contributed by atoms with van der Waals surface area (Å²) in [6, 6.07) is 6.78. The fourth-order valence-corrected chi connectivity index (χ4v) is 2.59. The summed E-state index contributed by atoms with van der Waals surface area (Å²) in [5.41, 5.74) is 4.90. The normalized spacial score (nSPS) is 15.5. The van der Waals surface area contributed by atoms with Gasteiger partial charge in [0.2, 0.25) is 0 Å². The van der Waals surface area contributed by atoms with E-state index in [9.17, 15) is 0 Å². The molecule has 1 aromatic rings. The van der Waals surface area contributed by atoms with Crippen LogP contribution in [0, 0.1) is 0 Å². The molecule has 0 fully saturated rings. The number of hydrogen-bond acceptors (Lipinski definition) is 2. The molecule has 1 aliphatic heterocycles. The molecular weight excluding hydrogens is 220 g/mol. The molecule has 0 aromatic heterocycles. The second kappa shape index (κ2) is 5.85. The molecule has 1 aromatic carbocycles. The predicted molar refractivity (Wildman–Crippen MR) is 77.9 cm³/mol. The van der Waals surface area contributed by atoms with Crippen LogP contribution in [-0.4, -0.2) is 18.6 Å². The average Bonchev–Trinajstić information content (AvgIpc) is 2.33. The number of nitrogens with one attached hydrogen (secondary N) is 2. The minimum Gasteiger partial charge on any atom is -0.312 e. The first kappa shape index (κ1) is 13.6. The van der Waals surface area contributed by atoms with Crippen molar-refractivity contribution in [1.82, 2.24) is 10.6 Å². The molecule has 2 nitrogen and oxygen atoms in total. The van der Waals surface area contributed by atoms with E-state index in [1.165, 1.54) is 24.8 Å². The van der Waals surface area contributed by atoms with Crippen LogP contribution in [0.4, 0.5) is 0 Å². The van der Waals surface area contributed by atoms with E-state index in [4.69, 9.17) is 0 Å². The van der Waals surface area contributed by atoms with Crippen molar-refractivity contribution >= 4 is 0 Å². The Balaban J connectivity index is 1.90. The maximum Gasteiger partial charge on any atom is 0.0208 e. The Hall–Kier alpha value is -0.860. The summed E-state index contributed by atoms with van der Waals surface area (Å²) in [5.74, 6) is 0. The number of rotatable bonds is 4. The standard InChI is InChI=1S/C16H26N2/c1-16(2,3)18-10-5-8-13-6-4-7-14-12-17-11-9-15(13)14/h4,6-7,17-18H,5,8-12H2,1-3H3. The summed E-state index contributed by atoms with van der Waals surface area (Å²) in [5, 5.41) is 7.00. The Morgan fingerprint density at radius 1 is 1.28 bits per heavy atom. The van der Waals surface area contributed by atoms with E-state index >= 15 is 0 Å². The van der Waals surface area contributed by atoms with Crippen LogP contribution in [0.5, 0.6) is 0 Å². The molecule has 0 saturated carbocycles. The van der Waals surface area contributed by atoms with Crippen LogP contribution < -0.4 is 10.6 Å². The summed E-state index contributed by atoms with van der Waals surface area (Å²) in [6.45, 7) is 9.95. The van der Waals surface area contributed by atoms with Gasteiger partial charge in [-0.2, -0.15) is 0 Å². The van der Waals surface area contributed by atoms with Gasteiger partial charge in [0.25, 0.3) is 0 Å². The van der Waals surface area contributed by atoms with E-state index in [0.29, 0.717) is 0 Å². The molecule has 0 radical (unpaired) electrons. The van der Waals surface area contributed by atoms with E-state index in [2.05, 4.69) is 49.6 Å². The van der Waals surface area contributed by atoms with Crippen molar-refractivity contribution < 1.29 is 0 Å². The van der Waals surface area contributed by atoms with Gasteiger partial charge in [-0.05, 0) is 69.8 Å². The summed E-state index contributed by atoms with van der Waals surface area (Å²) >= 11 is 0. The Morgan fingerprint density at radius 3 is 2.89 bits per heavy atom. The molecule has 0 spiro atoms. The third kappa shape index (κ3) is 3.82. The molecule has 0 bridgehead atoms. The number of hydrogen-bond donors (Lipinski definition) is 2. The highest BCUT2D eigenvalue weighted by Crippen LogP contribution is 2.19. The molecule has 0 aliphatic carbocycles. The van der Waals surface area contributed by atoms with E-state index < -0.39 is 0 Å². The molecule has 0 saturated heterocycles. The Morgan fingerprint density at radius 2 is 2.11 bits per heavy atom. The van der Waals surface area contributed by atoms with Gasteiger partial charge in [-0.15, -0.1) is 0 Å². The zero-order chi connectivity index (χ0) is 13.0. The monoisotopic (exact) mass is 246 g/mol. The van der Waals surface area contributed by atoms with Crippen molar-refractivity contribution in [2.24, 2.45) is 0 Å². The minimum absolute atomic E-state index is 0.236.